The van der Waals surface area contributed by atoms with Gasteiger partial charge in [-0.15, -0.1) is 0 Å². The van der Waals surface area contributed by atoms with Gasteiger partial charge in [0.2, 0.25) is 0 Å². The number of benzene rings is 1. The maximum absolute atomic E-state index is 12.7. The van der Waals surface area contributed by atoms with Gasteiger partial charge in [0.15, 0.2) is 0 Å². The molecule has 0 spiro atoms. The fraction of sp³-hybridized carbons (Fsp3) is 0.294. The van der Waals surface area contributed by atoms with E-state index in [-0.39, 0.29) is 21.9 Å². The van der Waals surface area contributed by atoms with Crippen LogP contribution in [0.4, 0.5) is 13.2 Å². The summed E-state index contributed by atoms with van der Waals surface area (Å²) < 4.78 is 38.0. The maximum Gasteiger partial charge on any atom is 0.417 e. The van der Waals surface area contributed by atoms with Crippen LogP contribution in [-0.4, -0.2) is 15.9 Å². The molecular formula is C17H14Cl3F3N2OS. The molecule has 0 amide bonds. The van der Waals surface area contributed by atoms with E-state index < -0.39 is 11.7 Å². The normalized spacial score (nSPS) is 13.6. The van der Waals surface area contributed by atoms with Crippen LogP contribution in [0.3, 0.4) is 0 Å². The first-order chi connectivity index (χ1) is 12.6. The van der Waals surface area contributed by atoms with E-state index in [1.165, 1.54) is 11.8 Å². The summed E-state index contributed by atoms with van der Waals surface area (Å²) >= 11 is 19.2. The van der Waals surface area contributed by atoms with Gasteiger partial charge >= 0.3 is 6.18 Å². The Kier molecular flexibility index (Phi) is 7.68. The second kappa shape index (κ2) is 9.37. The zero-order chi connectivity index (χ0) is 20.2. The lowest BCUT2D eigenvalue weighted by Crippen LogP contribution is -2.11. The Morgan fingerprint density at radius 3 is 2.41 bits per heavy atom. The maximum atomic E-state index is 12.7. The molecule has 0 N–H and O–H groups in total. The molecule has 0 fully saturated rings. The first-order valence-electron chi connectivity index (χ1n) is 7.58. The number of alkyl halides is 3. The minimum atomic E-state index is -4.49. The van der Waals surface area contributed by atoms with E-state index >= 15 is 0 Å². The van der Waals surface area contributed by atoms with E-state index in [1.54, 1.807) is 25.1 Å². The summed E-state index contributed by atoms with van der Waals surface area (Å²) in [5.74, 6) is 0. The average molecular weight is 458 g/mol. The SMILES string of the molecule is CC(=NOCc1c(Cl)cccc1Cl)C(C)Sc1ncc(C(F)(F)F)cc1Cl. The molecule has 0 saturated heterocycles. The quantitative estimate of drug-likeness (QED) is 0.263. The van der Waals surface area contributed by atoms with Gasteiger partial charge in [-0.3, -0.25) is 0 Å². The molecule has 1 atom stereocenters. The number of aromatic nitrogens is 1. The summed E-state index contributed by atoms with van der Waals surface area (Å²) in [4.78, 5) is 9.10. The van der Waals surface area contributed by atoms with Gasteiger partial charge in [-0.25, -0.2) is 4.98 Å². The van der Waals surface area contributed by atoms with E-state index in [9.17, 15) is 13.2 Å². The van der Waals surface area contributed by atoms with Crippen molar-refractivity contribution in [3.05, 3.63) is 56.7 Å². The molecule has 146 valence electrons. The lowest BCUT2D eigenvalue weighted by Gasteiger charge is -2.13. The van der Waals surface area contributed by atoms with Crippen molar-refractivity contribution in [2.24, 2.45) is 5.16 Å². The van der Waals surface area contributed by atoms with Crippen molar-refractivity contribution < 1.29 is 18.0 Å². The lowest BCUT2D eigenvalue weighted by atomic mass is 10.2. The number of rotatable bonds is 6. The second-order valence-corrected chi connectivity index (χ2v) is 8.03. The largest absolute Gasteiger partial charge is 0.417 e. The molecule has 3 nitrogen and oxygen atoms in total. The smallest absolute Gasteiger partial charge is 0.391 e. The van der Waals surface area contributed by atoms with Crippen molar-refractivity contribution in [2.45, 2.75) is 36.9 Å². The van der Waals surface area contributed by atoms with Gasteiger partial charge in [0, 0.05) is 27.1 Å². The molecule has 0 saturated carbocycles. The molecule has 0 aliphatic carbocycles. The molecule has 1 heterocycles. The Labute approximate surface area is 173 Å². The number of hydrogen-bond donors (Lipinski definition) is 0. The third kappa shape index (κ3) is 6.17. The van der Waals surface area contributed by atoms with Crippen molar-refractivity contribution in [1.29, 1.82) is 0 Å². The molecule has 1 aromatic carbocycles. The number of hydrogen-bond acceptors (Lipinski definition) is 4. The van der Waals surface area contributed by atoms with Gasteiger partial charge in [0.05, 0.1) is 16.3 Å². The second-order valence-electron chi connectivity index (χ2n) is 5.48. The number of pyridine rings is 1. The van der Waals surface area contributed by atoms with E-state index in [1.807, 2.05) is 6.92 Å². The Hall–Kier alpha value is -1.15. The molecule has 0 aliphatic heterocycles. The fourth-order valence-corrected chi connectivity index (χ4v) is 3.50. The topological polar surface area (TPSA) is 34.5 Å². The predicted molar refractivity (Wildman–Crippen MR) is 104 cm³/mol. The monoisotopic (exact) mass is 456 g/mol. The van der Waals surface area contributed by atoms with Gasteiger partial charge in [-0.2, -0.15) is 13.2 Å². The zero-order valence-corrected chi connectivity index (χ0v) is 17.2. The van der Waals surface area contributed by atoms with Crippen LogP contribution in [0, 0.1) is 0 Å². The minimum absolute atomic E-state index is 0.0711. The minimum Gasteiger partial charge on any atom is -0.391 e. The average Bonchev–Trinajstić information content (AvgIpc) is 2.58. The highest BCUT2D eigenvalue weighted by Gasteiger charge is 2.31. The van der Waals surface area contributed by atoms with Crippen LogP contribution in [0.2, 0.25) is 15.1 Å². The molecule has 1 aromatic heterocycles. The van der Waals surface area contributed by atoms with Crippen LogP contribution in [-0.2, 0) is 17.6 Å². The first-order valence-corrected chi connectivity index (χ1v) is 9.59. The molecule has 2 rings (SSSR count). The van der Waals surface area contributed by atoms with Crippen molar-refractivity contribution in [3.8, 4) is 0 Å². The van der Waals surface area contributed by atoms with Gasteiger partial charge in [0.1, 0.15) is 11.6 Å². The van der Waals surface area contributed by atoms with E-state index in [2.05, 4.69) is 10.1 Å². The highest BCUT2D eigenvalue weighted by Crippen LogP contribution is 2.35. The van der Waals surface area contributed by atoms with Crippen molar-refractivity contribution >= 4 is 52.3 Å². The van der Waals surface area contributed by atoms with Crippen molar-refractivity contribution in [2.75, 3.05) is 0 Å². The number of halogens is 6. The van der Waals surface area contributed by atoms with E-state index in [0.717, 1.165) is 12.3 Å². The Morgan fingerprint density at radius 1 is 1.22 bits per heavy atom. The summed E-state index contributed by atoms with van der Waals surface area (Å²) in [6.45, 7) is 3.63. The van der Waals surface area contributed by atoms with Crippen LogP contribution in [0.25, 0.3) is 0 Å². The molecule has 0 bridgehead atoms. The standard InChI is InChI=1S/C17H14Cl3F3N2OS/c1-9(25-26-8-12-13(18)4-3-5-14(12)19)10(2)27-16-15(20)6-11(7-24-16)17(21,22)23/h3-7,10H,8H2,1-2H3. The van der Waals surface area contributed by atoms with Crippen LogP contribution in [0.5, 0.6) is 0 Å². The fourth-order valence-electron chi connectivity index (χ4n) is 1.86. The molecule has 0 radical (unpaired) electrons. The third-order valence-electron chi connectivity index (χ3n) is 3.49. The zero-order valence-electron chi connectivity index (χ0n) is 14.1. The number of thioether (sulfide) groups is 1. The summed E-state index contributed by atoms with van der Waals surface area (Å²) in [6.07, 6.45) is -3.74. The van der Waals surface area contributed by atoms with E-state index in [0.29, 0.717) is 21.3 Å². The summed E-state index contributed by atoms with van der Waals surface area (Å²) in [7, 11) is 0. The van der Waals surface area contributed by atoms with E-state index in [4.69, 9.17) is 39.6 Å². The predicted octanol–water partition coefficient (Wildman–Crippen LogP) is 7.13. The van der Waals surface area contributed by atoms with Crippen LogP contribution in [0.1, 0.15) is 25.0 Å². The molecule has 1 unspecified atom stereocenters. The van der Waals surface area contributed by atoms with Crippen molar-refractivity contribution in [3.63, 3.8) is 0 Å². The summed E-state index contributed by atoms with van der Waals surface area (Å²) in [5, 5.41) is 4.93. The van der Waals surface area contributed by atoms with Gasteiger partial charge in [0.25, 0.3) is 0 Å². The van der Waals surface area contributed by atoms with Gasteiger partial charge < -0.3 is 4.84 Å². The molecule has 2 aromatic rings. The summed E-state index contributed by atoms with van der Waals surface area (Å²) in [5.41, 5.74) is 0.320. The first kappa shape index (κ1) is 22.1. The Balaban J connectivity index is 2.01. The van der Waals surface area contributed by atoms with Gasteiger partial charge in [-0.05, 0) is 32.0 Å². The van der Waals surface area contributed by atoms with Gasteiger partial charge in [-0.1, -0.05) is 57.8 Å². The molecule has 0 aliphatic rings. The Morgan fingerprint density at radius 2 is 1.85 bits per heavy atom. The highest BCUT2D eigenvalue weighted by molar-refractivity contribution is 8.00. The van der Waals surface area contributed by atoms with Crippen LogP contribution >= 0.6 is 46.6 Å². The number of nitrogens with zero attached hydrogens (tertiary/aromatic N) is 2. The van der Waals surface area contributed by atoms with Crippen molar-refractivity contribution in [1.82, 2.24) is 4.98 Å². The molecule has 10 heteroatoms. The van der Waals surface area contributed by atoms with Crippen LogP contribution < -0.4 is 0 Å². The number of oxime groups is 1. The summed E-state index contributed by atoms with van der Waals surface area (Å²) in [6, 6.07) is 5.97. The highest BCUT2D eigenvalue weighted by atomic mass is 35.5. The Bertz CT molecular complexity index is 826. The molecule has 27 heavy (non-hydrogen) atoms. The lowest BCUT2D eigenvalue weighted by molar-refractivity contribution is -0.137. The third-order valence-corrected chi connectivity index (χ3v) is 5.84. The van der Waals surface area contributed by atoms with Crippen LogP contribution in [0.15, 0.2) is 40.6 Å². The molecular weight excluding hydrogens is 444 g/mol.